The van der Waals surface area contributed by atoms with Crippen molar-refractivity contribution in [2.75, 3.05) is 11.1 Å². The number of nitrogens with two attached hydrogens (primary N) is 1. The molecule has 0 amide bonds. The van der Waals surface area contributed by atoms with Crippen LogP contribution in [0.1, 0.15) is 25.0 Å². The number of pyridine rings is 1. The number of rotatable bonds is 4. The molecule has 1 aromatic carbocycles. The van der Waals surface area contributed by atoms with E-state index in [1.165, 1.54) is 5.56 Å². The predicted molar refractivity (Wildman–Crippen MR) is 81.7 cm³/mol. The summed E-state index contributed by atoms with van der Waals surface area (Å²) in [6, 6.07) is 10.4. The second-order valence-corrected chi connectivity index (χ2v) is 5.35. The molecule has 0 aliphatic carbocycles. The maximum absolute atomic E-state index is 5.70. The van der Waals surface area contributed by atoms with Crippen LogP contribution in [0.2, 0.25) is 0 Å². The fourth-order valence-electron chi connectivity index (χ4n) is 2.06. The first kappa shape index (κ1) is 13.4. The van der Waals surface area contributed by atoms with E-state index in [1.54, 1.807) is 6.20 Å². The zero-order valence-corrected chi connectivity index (χ0v) is 11.8. The van der Waals surface area contributed by atoms with E-state index >= 15 is 0 Å². The van der Waals surface area contributed by atoms with Crippen molar-refractivity contribution in [2.24, 2.45) is 5.92 Å². The molecule has 0 unspecified atom stereocenters. The highest BCUT2D eigenvalue weighted by Crippen LogP contribution is 2.20. The Kier molecular flexibility index (Phi) is 4.05. The van der Waals surface area contributed by atoms with Crippen molar-refractivity contribution in [3.05, 3.63) is 47.7 Å². The third kappa shape index (κ3) is 3.71. The monoisotopic (exact) mass is 255 g/mol. The van der Waals surface area contributed by atoms with Gasteiger partial charge in [0.25, 0.3) is 0 Å². The molecule has 0 saturated carbocycles. The molecule has 0 aliphatic heterocycles. The van der Waals surface area contributed by atoms with Crippen LogP contribution in [0.3, 0.4) is 0 Å². The van der Waals surface area contributed by atoms with E-state index in [2.05, 4.69) is 48.4 Å². The van der Waals surface area contributed by atoms with Gasteiger partial charge in [-0.3, -0.25) is 0 Å². The number of anilines is 3. The Balaban J connectivity index is 2.10. The summed E-state index contributed by atoms with van der Waals surface area (Å²) in [6.07, 6.45) is 2.78. The molecule has 1 aromatic heterocycles. The highest BCUT2D eigenvalue weighted by Gasteiger charge is 2.02. The van der Waals surface area contributed by atoms with Gasteiger partial charge in [-0.25, -0.2) is 4.98 Å². The first-order valence-electron chi connectivity index (χ1n) is 6.62. The SMILES string of the molecule is Cc1cc(N)cnc1Nc1ccc(CC(C)C)cc1. The molecule has 0 bridgehead atoms. The van der Waals surface area contributed by atoms with Gasteiger partial charge in [-0.1, -0.05) is 26.0 Å². The third-order valence-electron chi connectivity index (χ3n) is 2.96. The van der Waals surface area contributed by atoms with Crippen molar-refractivity contribution >= 4 is 17.2 Å². The van der Waals surface area contributed by atoms with Crippen LogP contribution in [0, 0.1) is 12.8 Å². The van der Waals surface area contributed by atoms with Crippen LogP contribution in [0.4, 0.5) is 17.2 Å². The Labute approximate surface area is 114 Å². The van der Waals surface area contributed by atoms with Crippen LogP contribution in [-0.2, 0) is 6.42 Å². The van der Waals surface area contributed by atoms with Crippen LogP contribution in [0.5, 0.6) is 0 Å². The van der Waals surface area contributed by atoms with Crippen molar-refractivity contribution in [2.45, 2.75) is 27.2 Å². The number of hydrogen-bond donors (Lipinski definition) is 2. The molecule has 0 fully saturated rings. The maximum Gasteiger partial charge on any atom is 0.133 e. The summed E-state index contributed by atoms with van der Waals surface area (Å²) in [5.74, 6) is 1.53. The largest absolute Gasteiger partial charge is 0.397 e. The molecular formula is C16H21N3. The van der Waals surface area contributed by atoms with Gasteiger partial charge >= 0.3 is 0 Å². The third-order valence-corrected chi connectivity index (χ3v) is 2.96. The minimum Gasteiger partial charge on any atom is -0.397 e. The highest BCUT2D eigenvalue weighted by molar-refractivity contribution is 5.61. The lowest BCUT2D eigenvalue weighted by Gasteiger charge is -2.10. The fourth-order valence-corrected chi connectivity index (χ4v) is 2.06. The summed E-state index contributed by atoms with van der Waals surface area (Å²) in [5.41, 5.74) is 9.85. The van der Waals surface area contributed by atoms with Gasteiger partial charge < -0.3 is 11.1 Å². The molecule has 1 heterocycles. The molecule has 0 aliphatic rings. The summed E-state index contributed by atoms with van der Waals surface area (Å²) in [4.78, 5) is 4.31. The van der Waals surface area contributed by atoms with E-state index in [1.807, 2.05) is 13.0 Å². The number of nitrogens with zero attached hydrogens (tertiary/aromatic N) is 1. The first-order valence-corrected chi connectivity index (χ1v) is 6.62. The molecule has 0 radical (unpaired) electrons. The van der Waals surface area contributed by atoms with Crippen LogP contribution in [0.25, 0.3) is 0 Å². The molecule has 0 saturated heterocycles. The molecular weight excluding hydrogens is 234 g/mol. The molecule has 100 valence electrons. The van der Waals surface area contributed by atoms with Crippen LogP contribution >= 0.6 is 0 Å². The zero-order valence-electron chi connectivity index (χ0n) is 11.8. The minimum absolute atomic E-state index is 0.680. The van der Waals surface area contributed by atoms with Crippen molar-refractivity contribution in [3.63, 3.8) is 0 Å². The second-order valence-electron chi connectivity index (χ2n) is 5.35. The first-order chi connectivity index (χ1) is 9.04. The maximum atomic E-state index is 5.70. The van der Waals surface area contributed by atoms with Crippen molar-refractivity contribution in [1.29, 1.82) is 0 Å². The average molecular weight is 255 g/mol. The predicted octanol–water partition coefficient (Wildman–Crippen LogP) is 3.91. The molecule has 2 rings (SSSR count). The lowest BCUT2D eigenvalue weighted by molar-refractivity contribution is 0.647. The molecule has 3 heteroatoms. The van der Waals surface area contributed by atoms with E-state index in [4.69, 9.17) is 5.73 Å². The smallest absolute Gasteiger partial charge is 0.133 e. The van der Waals surface area contributed by atoms with Gasteiger partial charge in [0.15, 0.2) is 0 Å². The summed E-state index contributed by atoms with van der Waals surface area (Å²) < 4.78 is 0. The highest BCUT2D eigenvalue weighted by atomic mass is 15.0. The van der Waals surface area contributed by atoms with Crippen LogP contribution in [0.15, 0.2) is 36.5 Å². The standard InChI is InChI=1S/C16H21N3/c1-11(2)8-13-4-6-15(7-5-13)19-16-12(3)9-14(17)10-18-16/h4-7,9-11H,8,17H2,1-3H3,(H,18,19). The molecule has 3 nitrogen and oxygen atoms in total. The van der Waals surface area contributed by atoms with Gasteiger partial charge in [-0.2, -0.15) is 0 Å². The van der Waals surface area contributed by atoms with Gasteiger partial charge in [-0.15, -0.1) is 0 Å². The Morgan fingerprint density at radius 2 is 1.89 bits per heavy atom. The van der Waals surface area contributed by atoms with E-state index in [-0.39, 0.29) is 0 Å². The Hall–Kier alpha value is -2.03. The molecule has 0 spiro atoms. The number of hydrogen-bond acceptors (Lipinski definition) is 3. The van der Waals surface area contributed by atoms with Crippen LogP contribution in [-0.4, -0.2) is 4.98 Å². The Morgan fingerprint density at radius 3 is 2.47 bits per heavy atom. The van der Waals surface area contributed by atoms with Gasteiger partial charge in [0, 0.05) is 5.69 Å². The summed E-state index contributed by atoms with van der Waals surface area (Å²) in [5, 5.41) is 3.31. The van der Waals surface area contributed by atoms with Crippen molar-refractivity contribution < 1.29 is 0 Å². The fraction of sp³-hybridized carbons (Fsp3) is 0.312. The van der Waals surface area contributed by atoms with E-state index in [0.29, 0.717) is 11.6 Å². The molecule has 19 heavy (non-hydrogen) atoms. The topological polar surface area (TPSA) is 50.9 Å². The van der Waals surface area contributed by atoms with E-state index < -0.39 is 0 Å². The zero-order chi connectivity index (χ0) is 13.8. The minimum atomic E-state index is 0.680. The van der Waals surface area contributed by atoms with Crippen molar-refractivity contribution in [3.8, 4) is 0 Å². The molecule has 3 N–H and O–H groups in total. The van der Waals surface area contributed by atoms with E-state index in [0.717, 1.165) is 23.5 Å². The average Bonchev–Trinajstić information content (AvgIpc) is 2.34. The molecule has 0 atom stereocenters. The Morgan fingerprint density at radius 1 is 1.21 bits per heavy atom. The van der Waals surface area contributed by atoms with Gasteiger partial charge in [0.05, 0.1) is 11.9 Å². The van der Waals surface area contributed by atoms with Gasteiger partial charge in [0.2, 0.25) is 0 Å². The quantitative estimate of drug-likeness (QED) is 0.870. The number of aromatic nitrogens is 1. The normalized spacial score (nSPS) is 10.7. The molecule has 2 aromatic rings. The van der Waals surface area contributed by atoms with Crippen molar-refractivity contribution in [1.82, 2.24) is 4.98 Å². The lowest BCUT2D eigenvalue weighted by atomic mass is 10.0. The van der Waals surface area contributed by atoms with Gasteiger partial charge in [-0.05, 0) is 48.6 Å². The van der Waals surface area contributed by atoms with E-state index in [9.17, 15) is 0 Å². The summed E-state index contributed by atoms with van der Waals surface area (Å²) in [7, 11) is 0. The number of nitrogen functional groups attached to an aromatic ring is 1. The lowest BCUT2D eigenvalue weighted by Crippen LogP contribution is -1.99. The summed E-state index contributed by atoms with van der Waals surface area (Å²) >= 11 is 0. The number of benzene rings is 1. The second kappa shape index (κ2) is 5.74. The van der Waals surface area contributed by atoms with Gasteiger partial charge in [0.1, 0.15) is 5.82 Å². The van der Waals surface area contributed by atoms with Crippen LogP contribution < -0.4 is 11.1 Å². The Bertz CT molecular complexity index is 544. The number of nitrogens with one attached hydrogen (secondary N) is 1. The summed E-state index contributed by atoms with van der Waals surface area (Å²) in [6.45, 7) is 6.46. The number of aryl methyl sites for hydroxylation is 1.